The molecule has 33 heavy (non-hydrogen) atoms. The van der Waals surface area contributed by atoms with E-state index in [1.165, 1.54) is 12.8 Å². The molecule has 2 unspecified atom stereocenters. The Bertz CT molecular complexity index is 961. The Kier molecular flexibility index (Phi) is 11.5. The van der Waals surface area contributed by atoms with Gasteiger partial charge in [-0.15, -0.1) is 0 Å². The third-order valence-corrected chi connectivity index (χ3v) is 4.71. The number of epoxide rings is 1. The molecule has 2 atom stereocenters. The van der Waals surface area contributed by atoms with Crippen molar-refractivity contribution in [1.82, 2.24) is 0 Å². The van der Waals surface area contributed by atoms with Crippen LogP contribution in [0.3, 0.4) is 0 Å². The minimum atomic E-state index is -0.546. The maximum absolute atomic E-state index is 11.4. The summed E-state index contributed by atoms with van der Waals surface area (Å²) in [5.41, 5.74) is 4.37. The SMILES string of the molecule is CC.CC.CCCC.Cc1ccc2c(c1)C(=O)OC1OC21.Cc1ccc2c(c1)C(=O)OC2=O. The van der Waals surface area contributed by atoms with Gasteiger partial charge in [0.1, 0.15) is 0 Å². The van der Waals surface area contributed by atoms with Crippen LogP contribution < -0.4 is 0 Å². The van der Waals surface area contributed by atoms with Gasteiger partial charge < -0.3 is 14.2 Å². The van der Waals surface area contributed by atoms with Crippen molar-refractivity contribution in [3.8, 4) is 0 Å². The standard InChI is InChI=1S/C10H8O3.C9H6O3.C4H10.2C2H6/c1-5-2-3-6-7(4-5)9(11)13-10-8(6)12-10;1-5-2-3-6-7(4-5)9(11)12-8(6)10;1-3-4-2;2*1-2/h2-4,8,10H,1H3;2-4H,1H3;3-4H2,1-2H3;2*1-2H3. The number of hydrogen-bond donors (Lipinski definition) is 0. The summed E-state index contributed by atoms with van der Waals surface area (Å²) in [6.45, 7) is 16.2. The normalized spacial score (nSPS) is 17.9. The molecule has 0 radical (unpaired) electrons. The van der Waals surface area contributed by atoms with Gasteiger partial charge >= 0.3 is 17.9 Å². The highest BCUT2D eigenvalue weighted by Crippen LogP contribution is 2.45. The van der Waals surface area contributed by atoms with Crippen LogP contribution in [0.5, 0.6) is 0 Å². The Morgan fingerprint density at radius 2 is 1.21 bits per heavy atom. The number of carbonyl (C=O) groups excluding carboxylic acids is 3. The molecule has 1 fully saturated rings. The molecule has 2 aromatic carbocycles. The van der Waals surface area contributed by atoms with Crippen LogP contribution in [0.2, 0.25) is 0 Å². The van der Waals surface area contributed by atoms with Gasteiger partial charge in [0.2, 0.25) is 6.29 Å². The number of fused-ring (bicyclic) bond motifs is 4. The van der Waals surface area contributed by atoms with Crippen molar-refractivity contribution >= 4 is 17.9 Å². The Balaban J connectivity index is 0.000000254. The van der Waals surface area contributed by atoms with Gasteiger partial charge in [0.15, 0.2) is 6.10 Å². The number of hydrogen-bond acceptors (Lipinski definition) is 6. The zero-order valence-corrected chi connectivity index (χ0v) is 21.0. The maximum Gasteiger partial charge on any atom is 0.346 e. The Morgan fingerprint density at radius 1 is 0.697 bits per heavy atom. The molecule has 2 aromatic rings. The van der Waals surface area contributed by atoms with Crippen molar-refractivity contribution < 1.29 is 28.6 Å². The molecule has 180 valence electrons. The minimum Gasteiger partial charge on any atom is -0.429 e. The molecule has 6 nitrogen and oxygen atoms in total. The topological polar surface area (TPSA) is 82.2 Å². The number of benzene rings is 2. The number of aryl methyl sites for hydroxylation is 2. The Morgan fingerprint density at radius 3 is 1.79 bits per heavy atom. The van der Waals surface area contributed by atoms with Crippen LogP contribution in [-0.4, -0.2) is 24.2 Å². The predicted molar refractivity (Wildman–Crippen MR) is 128 cm³/mol. The van der Waals surface area contributed by atoms with Gasteiger partial charge in [0.05, 0.1) is 16.7 Å². The van der Waals surface area contributed by atoms with Gasteiger partial charge in [-0.3, -0.25) is 0 Å². The molecule has 3 aliphatic rings. The summed E-state index contributed by atoms with van der Waals surface area (Å²) in [6, 6.07) is 10.8. The fourth-order valence-corrected chi connectivity index (χ4v) is 2.87. The zero-order valence-electron chi connectivity index (χ0n) is 21.0. The van der Waals surface area contributed by atoms with Crippen LogP contribution in [-0.2, 0) is 14.2 Å². The molecule has 0 aromatic heterocycles. The number of rotatable bonds is 1. The van der Waals surface area contributed by atoms with Crippen molar-refractivity contribution in [2.45, 2.75) is 80.6 Å². The van der Waals surface area contributed by atoms with Crippen molar-refractivity contribution in [1.29, 1.82) is 0 Å². The fourth-order valence-electron chi connectivity index (χ4n) is 2.87. The summed E-state index contributed by atoms with van der Waals surface area (Å²) in [4.78, 5) is 33.3. The highest BCUT2D eigenvalue weighted by atomic mass is 16.8. The van der Waals surface area contributed by atoms with E-state index in [0.717, 1.165) is 16.7 Å². The lowest BCUT2D eigenvalue weighted by atomic mass is 10.0. The van der Waals surface area contributed by atoms with Gasteiger partial charge in [-0.25, -0.2) is 14.4 Å². The van der Waals surface area contributed by atoms with E-state index < -0.39 is 11.9 Å². The minimum absolute atomic E-state index is 0.00620. The van der Waals surface area contributed by atoms with Crippen LogP contribution >= 0.6 is 0 Å². The van der Waals surface area contributed by atoms with Crippen molar-refractivity contribution in [3.05, 3.63) is 69.8 Å². The van der Waals surface area contributed by atoms with E-state index >= 15 is 0 Å². The molecule has 0 amide bonds. The Hall–Kier alpha value is -2.99. The summed E-state index contributed by atoms with van der Waals surface area (Å²) in [6.07, 6.45) is 2.32. The second kappa shape index (κ2) is 13.5. The molecular weight excluding hydrogens is 420 g/mol. The fraction of sp³-hybridized carbons (Fsp3) is 0.444. The molecule has 0 spiro atoms. The Labute approximate surface area is 197 Å². The molecule has 0 saturated carbocycles. The summed E-state index contributed by atoms with van der Waals surface area (Å²) < 4.78 is 14.6. The molecule has 5 rings (SSSR count). The van der Waals surface area contributed by atoms with Gasteiger partial charge in [-0.1, -0.05) is 83.7 Å². The highest BCUT2D eigenvalue weighted by molar-refractivity contribution is 6.14. The predicted octanol–water partition coefficient (Wildman–Crippen LogP) is 6.73. The number of unbranched alkanes of at least 4 members (excludes halogenated alkanes) is 1. The number of esters is 3. The second-order valence-electron chi connectivity index (χ2n) is 7.15. The van der Waals surface area contributed by atoms with Crippen molar-refractivity contribution in [3.63, 3.8) is 0 Å². The van der Waals surface area contributed by atoms with Crippen LogP contribution in [0.4, 0.5) is 0 Å². The van der Waals surface area contributed by atoms with E-state index in [2.05, 4.69) is 18.6 Å². The van der Waals surface area contributed by atoms with Gasteiger partial charge in [0.25, 0.3) is 0 Å². The maximum atomic E-state index is 11.4. The van der Waals surface area contributed by atoms with E-state index in [1.807, 2.05) is 59.7 Å². The number of cyclic esters (lactones) is 2. The monoisotopic (exact) mass is 456 g/mol. The molecular formula is C27H36O6. The first-order valence-electron chi connectivity index (χ1n) is 11.7. The number of carbonyl (C=O) groups is 3. The lowest BCUT2D eigenvalue weighted by Crippen LogP contribution is -2.15. The summed E-state index contributed by atoms with van der Waals surface area (Å²) in [7, 11) is 0. The molecule has 0 N–H and O–H groups in total. The number of ether oxygens (including phenoxy) is 3. The van der Waals surface area contributed by atoms with Gasteiger partial charge in [0, 0.05) is 5.56 Å². The largest absolute Gasteiger partial charge is 0.429 e. The molecule has 0 bridgehead atoms. The smallest absolute Gasteiger partial charge is 0.346 e. The van der Waals surface area contributed by atoms with Gasteiger partial charge in [-0.05, 0) is 32.0 Å². The first kappa shape index (κ1) is 28.0. The van der Waals surface area contributed by atoms with Crippen molar-refractivity contribution in [2.24, 2.45) is 0 Å². The first-order chi connectivity index (χ1) is 15.8. The van der Waals surface area contributed by atoms with E-state index in [1.54, 1.807) is 18.2 Å². The van der Waals surface area contributed by atoms with Crippen LogP contribution in [0.15, 0.2) is 36.4 Å². The average Bonchev–Trinajstić information content (AvgIpc) is 3.55. The molecule has 6 heteroatoms. The van der Waals surface area contributed by atoms with E-state index in [4.69, 9.17) is 9.47 Å². The molecule has 1 saturated heterocycles. The first-order valence-corrected chi connectivity index (χ1v) is 11.7. The lowest BCUT2D eigenvalue weighted by molar-refractivity contribution is 0.0290. The van der Waals surface area contributed by atoms with Gasteiger partial charge in [-0.2, -0.15) is 0 Å². The lowest BCUT2D eigenvalue weighted by Gasteiger charge is -2.11. The summed E-state index contributed by atoms with van der Waals surface area (Å²) >= 11 is 0. The molecule has 3 heterocycles. The molecule has 0 aliphatic carbocycles. The van der Waals surface area contributed by atoms with Crippen LogP contribution in [0.25, 0.3) is 0 Å². The molecule has 3 aliphatic heterocycles. The quantitative estimate of drug-likeness (QED) is 0.269. The second-order valence-corrected chi connectivity index (χ2v) is 7.15. The summed E-state index contributed by atoms with van der Waals surface area (Å²) in [5, 5.41) is 0. The van der Waals surface area contributed by atoms with Crippen LogP contribution in [0.1, 0.15) is 108 Å². The van der Waals surface area contributed by atoms with Crippen LogP contribution in [0, 0.1) is 13.8 Å². The third-order valence-electron chi connectivity index (χ3n) is 4.71. The van der Waals surface area contributed by atoms with Crippen molar-refractivity contribution in [2.75, 3.05) is 0 Å². The van der Waals surface area contributed by atoms with E-state index in [9.17, 15) is 14.4 Å². The highest BCUT2D eigenvalue weighted by Gasteiger charge is 2.49. The third kappa shape index (κ3) is 7.26. The zero-order chi connectivity index (χ0) is 25.1. The van der Waals surface area contributed by atoms with E-state index in [-0.39, 0.29) is 18.4 Å². The average molecular weight is 457 g/mol. The van der Waals surface area contributed by atoms with E-state index in [0.29, 0.717) is 16.7 Å². The summed E-state index contributed by atoms with van der Waals surface area (Å²) in [5.74, 6) is -1.36.